The van der Waals surface area contributed by atoms with Crippen molar-refractivity contribution in [2.45, 2.75) is 12.8 Å². The Balaban J connectivity index is 1.81. The largest absolute Gasteiger partial charge is 0.366 e. The van der Waals surface area contributed by atoms with E-state index in [0.717, 1.165) is 51.1 Å². The molecule has 1 aliphatic heterocycles. The number of carbonyl (C=O) groups is 1. The van der Waals surface area contributed by atoms with Crippen LogP contribution in [-0.4, -0.2) is 55.5 Å². The summed E-state index contributed by atoms with van der Waals surface area (Å²) in [4.78, 5) is 16.2. The third-order valence-corrected chi connectivity index (χ3v) is 3.80. The molecule has 19 heavy (non-hydrogen) atoms. The minimum absolute atomic E-state index is 0.324. The second kappa shape index (κ2) is 6.68. The predicted molar refractivity (Wildman–Crippen MR) is 77.2 cm³/mol. The third-order valence-electron chi connectivity index (χ3n) is 3.80. The van der Waals surface area contributed by atoms with Crippen LogP contribution >= 0.6 is 0 Å². The molecule has 1 amide bonds. The summed E-state index contributed by atoms with van der Waals surface area (Å²) in [5.74, 6) is -0.324. The zero-order valence-electron chi connectivity index (χ0n) is 11.6. The fourth-order valence-electron chi connectivity index (χ4n) is 2.54. The van der Waals surface area contributed by atoms with Crippen LogP contribution in [-0.2, 0) is 6.42 Å². The molecule has 1 aromatic rings. The summed E-state index contributed by atoms with van der Waals surface area (Å²) in [5, 5.41) is 0. The highest BCUT2D eigenvalue weighted by Gasteiger charge is 2.13. The third kappa shape index (κ3) is 4.04. The number of carbonyl (C=O) groups excluding carboxylic acids is 1. The average Bonchev–Trinajstić information content (AvgIpc) is 2.41. The van der Waals surface area contributed by atoms with Gasteiger partial charge in [-0.3, -0.25) is 4.79 Å². The van der Waals surface area contributed by atoms with E-state index in [1.54, 1.807) is 0 Å². The fraction of sp³-hybridized carbons (Fsp3) is 0.533. The number of primary amides is 1. The van der Waals surface area contributed by atoms with E-state index in [0.29, 0.717) is 5.56 Å². The van der Waals surface area contributed by atoms with Gasteiger partial charge in [0.1, 0.15) is 0 Å². The number of hydrogen-bond acceptors (Lipinski definition) is 3. The highest BCUT2D eigenvalue weighted by atomic mass is 16.1. The van der Waals surface area contributed by atoms with Gasteiger partial charge in [-0.15, -0.1) is 0 Å². The van der Waals surface area contributed by atoms with Crippen LogP contribution in [0.4, 0.5) is 0 Å². The molecule has 1 aliphatic rings. The molecule has 1 aromatic carbocycles. The number of aryl methyl sites for hydroxylation is 1. The molecular formula is C15H23N3O. The predicted octanol–water partition coefficient (Wildman–Crippen LogP) is 0.965. The maximum atomic E-state index is 11.3. The molecule has 0 saturated carbocycles. The number of amides is 1. The van der Waals surface area contributed by atoms with Crippen LogP contribution < -0.4 is 5.73 Å². The second-order valence-corrected chi connectivity index (χ2v) is 5.27. The van der Waals surface area contributed by atoms with Gasteiger partial charge >= 0.3 is 0 Å². The Morgan fingerprint density at radius 2 is 1.89 bits per heavy atom. The normalized spacial score (nSPS) is 17.5. The monoisotopic (exact) mass is 261 g/mol. The summed E-state index contributed by atoms with van der Waals surface area (Å²) in [6.07, 6.45) is 2.00. The van der Waals surface area contributed by atoms with Gasteiger partial charge in [-0.25, -0.2) is 0 Å². The molecule has 0 bridgehead atoms. The zero-order valence-corrected chi connectivity index (χ0v) is 11.6. The summed E-state index contributed by atoms with van der Waals surface area (Å²) >= 11 is 0. The lowest BCUT2D eigenvalue weighted by Crippen LogP contribution is -2.44. The molecule has 0 aromatic heterocycles. The molecule has 1 heterocycles. The van der Waals surface area contributed by atoms with Gasteiger partial charge in [0.15, 0.2) is 0 Å². The molecule has 0 unspecified atom stereocenters. The Morgan fingerprint density at radius 3 is 2.58 bits per heavy atom. The molecule has 104 valence electrons. The lowest BCUT2D eigenvalue weighted by Gasteiger charge is -2.32. The molecule has 0 aliphatic carbocycles. The maximum Gasteiger partial charge on any atom is 0.248 e. The molecule has 2 N–H and O–H groups in total. The summed E-state index contributed by atoms with van der Waals surface area (Å²) in [6, 6.07) is 7.65. The van der Waals surface area contributed by atoms with Crippen LogP contribution in [0.2, 0.25) is 0 Å². The van der Waals surface area contributed by atoms with Crippen LogP contribution in [0.1, 0.15) is 22.3 Å². The zero-order chi connectivity index (χ0) is 13.7. The Morgan fingerprint density at radius 1 is 1.21 bits per heavy atom. The van der Waals surface area contributed by atoms with Gasteiger partial charge in [0.25, 0.3) is 0 Å². The van der Waals surface area contributed by atoms with Crippen molar-refractivity contribution in [1.29, 1.82) is 0 Å². The first-order valence-electron chi connectivity index (χ1n) is 6.95. The van der Waals surface area contributed by atoms with Crippen molar-refractivity contribution in [2.24, 2.45) is 5.73 Å². The molecule has 4 nitrogen and oxygen atoms in total. The minimum atomic E-state index is -0.324. The molecule has 4 heteroatoms. The molecule has 1 saturated heterocycles. The molecule has 0 spiro atoms. The first-order valence-corrected chi connectivity index (χ1v) is 6.95. The summed E-state index contributed by atoms with van der Waals surface area (Å²) in [5.41, 5.74) is 7.13. The second-order valence-electron chi connectivity index (χ2n) is 5.27. The highest BCUT2D eigenvalue weighted by Crippen LogP contribution is 2.11. The molecule has 1 fully saturated rings. The van der Waals surface area contributed by atoms with E-state index >= 15 is 0 Å². The lowest BCUT2D eigenvalue weighted by molar-refractivity contribution is 0.0999. The van der Waals surface area contributed by atoms with Gasteiger partial charge in [0.05, 0.1) is 0 Å². The van der Waals surface area contributed by atoms with E-state index in [9.17, 15) is 4.79 Å². The number of nitrogens with two attached hydrogens (primary N) is 1. The van der Waals surface area contributed by atoms with Gasteiger partial charge < -0.3 is 15.5 Å². The first-order chi connectivity index (χ1) is 9.16. The minimum Gasteiger partial charge on any atom is -0.366 e. The number of rotatable bonds is 5. The Labute approximate surface area is 115 Å². The summed E-state index contributed by atoms with van der Waals surface area (Å²) in [6.45, 7) is 5.69. The van der Waals surface area contributed by atoms with Gasteiger partial charge in [-0.2, -0.15) is 0 Å². The van der Waals surface area contributed by atoms with Gasteiger partial charge in [-0.05, 0) is 38.1 Å². The van der Waals surface area contributed by atoms with E-state index in [1.807, 2.05) is 24.3 Å². The van der Waals surface area contributed by atoms with Crippen LogP contribution in [0.15, 0.2) is 24.3 Å². The molecule has 2 rings (SSSR count). The Bertz CT molecular complexity index is 425. The van der Waals surface area contributed by atoms with Crippen molar-refractivity contribution in [3.63, 3.8) is 0 Å². The lowest BCUT2D eigenvalue weighted by atomic mass is 10.0. The van der Waals surface area contributed by atoms with Crippen LogP contribution in [0.3, 0.4) is 0 Å². The van der Waals surface area contributed by atoms with Crippen LogP contribution in [0, 0.1) is 0 Å². The Hall–Kier alpha value is -1.39. The standard InChI is InChI=1S/C15H23N3O/c1-17-9-11-18(12-10-17)8-4-6-13-5-2-3-7-14(13)15(16)19/h2-3,5,7H,4,6,8-12H2,1H3,(H2,16,19). The maximum absolute atomic E-state index is 11.3. The van der Waals surface area contributed by atoms with E-state index < -0.39 is 0 Å². The Kier molecular flexibility index (Phi) is 4.93. The highest BCUT2D eigenvalue weighted by molar-refractivity contribution is 5.94. The topological polar surface area (TPSA) is 49.6 Å². The number of hydrogen-bond donors (Lipinski definition) is 1. The number of piperazine rings is 1. The van der Waals surface area contributed by atoms with E-state index in [-0.39, 0.29) is 5.91 Å². The molecular weight excluding hydrogens is 238 g/mol. The number of likely N-dealkylation sites (N-methyl/N-ethyl adjacent to an activating group) is 1. The number of nitrogens with zero attached hydrogens (tertiary/aromatic N) is 2. The fourth-order valence-corrected chi connectivity index (χ4v) is 2.54. The van der Waals surface area contributed by atoms with Crippen molar-refractivity contribution < 1.29 is 4.79 Å². The summed E-state index contributed by atoms with van der Waals surface area (Å²) < 4.78 is 0. The first kappa shape index (κ1) is 14.0. The van der Waals surface area contributed by atoms with Crippen molar-refractivity contribution in [3.8, 4) is 0 Å². The van der Waals surface area contributed by atoms with Crippen molar-refractivity contribution in [2.75, 3.05) is 39.8 Å². The quantitative estimate of drug-likeness (QED) is 0.859. The SMILES string of the molecule is CN1CCN(CCCc2ccccc2C(N)=O)CC1. The average molecular weight is 261 g/mol. The van der Waals surface area contributed by atoms with Crippen LogP contribution in [0.25, 0.3) is 0 Å². The van der Waals surface area contributed by atoms with Crippen molar-refractivity contribution >= 4 is 5.91 Å². The van der Waals surface area contributed by atoms with Crippen molar-refractivity contribution in [1.82, 2.24) is 9.80 Å². The van der Waals surface area contributed by atoms with Crippen molar-refractivity contribution in [3.05, 3.63) is 35.4 Å². The molecule has 0 atom stereocenters. The number of benzene rings is 1. The van der Waals surface area contributed by atoms with Crippen LogP contribution in [0.5, 0.6) is 0 Å². The molecule has 0 radical (unpaired) electrons. The van der Waals surface area contributed by atoms with Gasteiger partial charge in [0.2, 0.25) is 5.91 Å². The van der Waals surface area contributed by atoms with Gasteiger partial charge in [-0.1, -0.05) is 18.2 Å². The summed E-state index contributed by atoms with van der Waals surface area (Å²) in [7, 11) is 2.17. The van der Waals surface area contributed by atoms with E-state index in [2.05, 4.69) is 16.8 Å². The van der Waals surface area contributed by atoms with E-state index in [4.69, 9.17) is 5.73 Å². The van der Waals surface area contributed by atoms with E-state index in [1.165, 1.54) is 0 Å². The van der Waals surface area contributed by atoms with Gasteiger partial charge in [0, 0.05) is 31.7 Å². The smallest absolute Gasteiger partial charge is 0.248 e.